The fraction of sp³-hybridized carbons (Fsp3) is 0.333. The normalized spacial score (nSPS) is 22.3. The molecule has 8 heteroatoms. The van der Waals surface area contributed by atoms with Crippen LogP contribution in [0.4, 0.5) is 5.69 Å². The first kappa shape index (κ1) is 20.2. The van der Waals surface area contributed by atoms with Gasteiger partial charge in [0.25, 0.3) is 11.8 Å². The number of carbonyl (C=O) groups excluding carboxylic acids is 4. The number of carbonyl (C=O) groups is 4. The van der Waals surface area contributed by atoms with E-state index in [1.54, 1.807) is 29.2 Å². The lowest BCUT2D eigenvalue weighted by atomic mass is 9.94. The number of rotatable bonds is 4. The summed E-state index contributed by atoms with van der Waals surface area (Å²) >= 11 is 0. The Morgan fingerprint density at radius 3 is 2.44 bits per heavy atom. The van der Waals surface area contributed by atoms with Gasteiger partial charge in [0.15, 0.2) is 0 Å². The number of likely N-dealkylation sites (tertiary alicyclic amines) is 1. The predicted octanol–water partition coefficient (Wildman–Crippen LogP) is 1.51. The Hall–Kier alpha value is -3.68. The summed E-state index contributed by atoms with van der Waals surface area (Å²) in [5, 5.41) is 3.00. The van der Waals surface area contributed by atoms with Crippen LogP contribution in [0.1, 0.15) is 35.7 Å². The Morgan fingerprint density at radius 2 is 1.72 bits per heavy atom. The van der Waals surface area contributed by atoms with Crippen molar-refractivity contribution in [2.24, 2.45) is 0 Å². The minimum atomic E-state index is -1.44. The molecule has 8 nitrogen and oxygen atoms in total. The molecule has 0 bridgehead atoms. The molecular formula is C24H24N4O4. The minimum Gasteiger partial charge on any atom is -0.346 e. The fourth-order valence-electron chi connectivity index (χ4n) is 4.90. The average molecular weight is 432 g/mol. The Morgan fingerprint density at radius 1 is 1.03 bits per heavy atom. The summed E-state index contributed by atoms with van der Waals surface area (Å²) in [7, 11) is 0. The zero-order chi connectivity index (χ0) is 22.5. The summed E-state index contributed by atoms with van der Waals surface area (Å²) in [4.78, 5) is 56.7. The van der Waals surface area contributed by atoms with Crippen molar-refractivity contribution in [3.63, 3.8) is 0 Å². The molecule has 2 saturated heterocycles. The molecule has 2 fully saturated rings. The van der Waals surface area contributed by atoms with Gasteiger partial charge >= 0.3 is 0 Å². The van der Waals surface area contributed by atoms with Crippen LogP contribution in [0.5, 0.6) is 0 Å². The number of nitrogens with one attached hydrogen (secondary N) is 1. The number of amides is 4. The summed E-state index contributed by atoms with van der Waals surface area (Å²) < 4.78 is 0. The first-order valence-corrected chi connectivity index (χ1v) is 10.8. The number of para-hydroxylation sites is 1. The lowest BCUT2D eigenvalue weighted by Gasteiger charge is -2.50. The van der Waals surface area contributed by atoms with E-state index in [1.807, 2.05) is 30.3 Å². The molecule has 4 amide bonds. The third-order valence-electron chi connectivity index (χ3n) is 6.58. The molecule has 0 radical (unpaired) electrons. The Kier molecular flexibility index (Phi) is 4.73. The van der Waals surface area contributed by atoms with E-state index >= 15 is 0 Å². The van der Waals surface area contributed by atoms with Crippen LogP contribution in [0.15, 0.2) is 54.6 Å². The average Bonchev–Trinajstić information content (AvgIpc) is 3.12. The summed E-state index contributed by atoms with van der Waals surface area (Å²) in [5.41, 5.74) is 0.319. The highest BCUT2D eigenvalue weighted by atomic mass is 16.2. The number of benzene rings is 2. The molecule has 2 aromatic carbocycles. The minimum absolute atomic E-state index is 0.0428. The molecule has 3 aliphatic heterocycles. The predicted molar refractivity (Wildman–Crippen MR) is 116 cm³/mol. The Labute approximate surface area is 185 Å². The molecule has 3 aliphatic rings. The number of hydrogen-bond donors (Lipinski definition) is 1. The van der Waals surface area contributed by atoms with Crippen LogP contribution in [0.2, 0.25) is 0 Å². The van der Waals surface area contributed by atoms with E-state index in [0.717, 1.165) is 5.56 Å². The van der Waals surface area contributed by atoms with Crippen LogP contribution in [-0.2, 0) is 20.9 Å². The van der Waals surface area contributed by atoms with E-state index in [0.29, 0.717) is 24.3 Å². The third-order valence-corrected chi connectivity index (χ3v) is 6.58. The smallest absolute Gasteiger partial charge is 0.267 e. The molecule has 0 aromatic heterocycles. The second kappa shape index (κ2) is 7.47. The molecule has 0 aliphatic carbocycles. The van der Waals surface area contributed by atoms with Gasteiger partial charge in [-0.3, -0.25) is 24.1 Å². The number of fused-ring (bicyclic) bond motifs is 3. The van der Waals surface area contributed by atoms with Crippen LogP contribution >= 0.6 is 0 Å². The van der Waals surface area contributed by atoms with Gasteiger partial charge in [-0.25, -0.2) is 0 Å². The molecule has 1 atom stereocenters. The van der Waals surface area contributed by atoms with Crippen molar-refractivity contribution in [3.05, 3.63) is 65.7 Å². The quantitative estimate of drug-likeness (QED) is 0.793. The standard InChI is InChI=1S/C24H24N4O4/c1-16(29)26-14-18(15-26)25-23(32)24-12-11-21(30)28(24)20-10-6-5-9-19(20)22(31)27(24)13-17-7-3-2-4-8-17/h2-10,18H,11-15H2,1H3,(H,25,32)/t24-/m0/s1. The Bertz CT molecular complexity index is 1110. The molecule has 2 aromatic rings. The van der Waals surface area contributed by atoms with Gasteiger partial charge in [0.05, 0.1) is 17.3 Å². The van der Waals surface area contributed by atoms with Crippen molar-refractivity contribution < 1.29 is 19.2 Å². The zero-order valence-corrected chi connectivity index (χ0v) is 17.8. The van der Waals surface area contributed by atoms with Crippen LogP contribution in [0.25, 0.3) is 0 Å². The SMILES string of the molecule is CC(=O)N1CC(NC(=O)[C@]23CCC(=O)N2c2ccccc2C(=O)N3Cc2ccccc2)C1. The van der Waals surface area contributed by atoms with Crippen molar-refractivity contribution in [3.8, 4) is 0 Å². The molecule has 0 unspecified atom stereocenters. The first-order valence-electron chi connectivity index (χ1n) is 10.8. The van der Waals surface area contributed by atoms with Crippen LogP contribution < -0.4 is 10.2 Å². The van der Waals surface area contributed by atoms with Gasteiger partial charge in [-0.15, -0.1) is 0 Å². The van der Waals surface area contributed by atoms with E-state index in [2.05, 4.69) is 5.32 Å². The second-order valence-corrected chi connectivity index (χ2v) is 8.53. The van der Waals surface area contributed by atoms with E-state index in [-0.39, 0.29) is 49.1 Å². The molecule has 3 heterocycles. The maximum Gasteiger partial charge on any atom is 0.267 e. The van der Waals surface area contributed by atoms with Crippen LogP contribution in [0.3, 0.4) is 0 Å². The highest BCUT2D eigenvalue weighted by Crippen LogP contribution is 2.45. The van der Waals surface area contributed by atoms with Crippen molar-refractivity contribution >= 4 is 29.3 Å². The van der Waals surface area contributed by atoms with E-state index in [4.69, 9.17) is 0 Å². The summed E-state index contributed by atoms with van der Waals surface area (Å²) in [6.45, 7) is 2.55. The first-order chi connectivity index (χ1) is 15.4. The van der Waals surface area contributed by atoms with Crippen molar-refractivity contribution in [2.45, 2.75) is 38.0 Å². The second-order valence-electron chi connectivity index (χ2n) is 8.53. The van der Waals surface area contributed by atoms with Gasteiger partial charge < -0.3 is 15.1 Å². The number of anilines is 1. The summed E-state index contributed by atoms with van der Waals surface area (Å²) in [5.74, 6) is -0.879. The summed E-state index contributed by atoms with van der Waals surface area (Å²) in [6, 6.07) is 16.2. The highest BCUT2D eigenvalue weighted by molar-refractivity contribution is 6.16. The lowest BCUT2D eigenvalue weighted by molar-refractivity contribution is -0.140. The van der Waals surface area contributed by atoms with E-state index < -0.39 is 5.66 Å². The van der Waals surface area contributed by atoms with Crippen molar-refractivity contribution in [1.29, 1.82) is 0 Å². The maximum absolute atomic E-state index is 13.8. The lowest BCUT2D eigenvalue weighted by Crippen LogP contribution is -2.73. The van der Waals surface area contributed by atoms with Gasteiger partial charge in [0.1, 0.15) is 0 Å². The fourth-order valence-corrected chi connectivity index (χ4v) is 4.90. The van der Waals surface area contributed by atoms with Gasteiger partial charge in [-0.1, -0.05) is 42.5 Å². The molecular weight excluding hydrogens is 408 g/mol. The molecule has 32 heavy (non-hydrogen) atoms. The third kappa shape index (κ3) is 2.97. The molecule has 0 spiro atoms. The maximum atomic E-state index is 13.8. The van der Waals surface area contributed by atoms with Crippen molar-refractivity contribution in [2.75, 3.05) is 18.0 Å². The molecule has 1 N–H and O–H groups in total. The van der Waals surface area contributed by atoms with E-state index in [1.165, 1.54) is 16.7 Å². The molecule has 0 saturated carbocycles. The van der Waals surface area contributed by atoms with Gasteiger partial charge in [0, 0.05) is 39.4 Å². The van der Waals surface area contributed by atoms with Gasteiger partial charge in [0.2, 0.25) is 17.5 Å². The largest absolute Gasteiger partial charge is 0.346 e. The van der Waals surface area contributed by atoms with Gasteiger partial charge in [-0.2, -0.15) is 0 Å². The number of hydrogen-bond acceptors (Lipinski definition) is 4. The van der Waals surface area contributed by atoms with E-state index in [9.17, 15) is 19.2 Å². The summed E-state index contributed by atoms with van der Waals surface area (Å²) in [6.07, 6.45) is 0.387. The van der Waals surface area contributed by atoms with Crippen molar-refractivity contribution in [1.82, 2.24) is 15.1 Å². The van der Waals surface area contributed by atoms with Crippen LogP contribution in [0, 0.1) is 0 Å². The zero-order valence-electron chi connectivity index (χ0n) is 17.8. The highest BCUT2D eigenvalue weighted by Gasteiger charge is 2.61. The molecule has 164 valence electrons. The van der Waals surface area contributed by atoms with Gasteiger partial charge in [-0.05, 0) is 17.7 Å². The molecule has 5 rings (SSSR count). The Balaban J connectivity index is 1.55. The monoisotopic (exact) mass is 432 g/mol. The topological polar surface area (TPSA) is 90.0 Å². The van der Waals surface area contributed by atoms with Crippen LogP contribution in [-0.4, -0.2) is 58.2 Å². The number of nitrogens with zero attached hydrogens (tertiary/aromatic N) is 3.